The molecule has 0 bridgehead atoms. The summed E-state index contributed by atoms with van der Waals surface area (Å²) >= 11 is 0. The third kappa shape index (κ3) is 4.08. The number of benzene rings is 1. The van der Waals surface area contributed by atoms with E-state index in [0.717, 1.165) is 11.3 Å². The Morgan fingerprint density at radius 1 is 1.29 bits per heavy atom. The van der Waals surface area contributed by atoms with Gasteiger partial charge in [-0.1, -0.05) is 12.1 Å². The maximum Gasteiger partial charge on any atom is 0.226 e. The van der Waals surface area contributed by atoms with Crippen molar-refractivity contribution in [3.8, 4) is 11.4 Å². The molecular weight excluding hydrogens is 306 g/mol. The van der Waals surface area contributed by atoms with Gasteiger partial charge in [0.05, 0.1) is 0 Å². The number of amides is 1. The highest BCUT2D eigenvalue weighted by molar-refractivity contribution is 5.91. The smallest absolute Gasteiger partial charge is 0.226 e. The van der Waals surface area contributed by atoms with E-state index in [-0.39, 0.29) is 5.91 Å². The number of methoxy groups -OCH3 is 1. The van der Waals surface area contributed by atoms with Gasteiger partial charge in [0, 0.05) is 43.7 Å². The zero-order valence-corrected chi connectivity index (χ0v) is 13.4. The van der Waals surface area contributed by atoms with Crippen molar-refractivity contribution in [2.45, 2.75) is 19.6 Å². The van der Waals surface area contributed by atoms with E-state index in [9.17, 15) is 4.79 Å². The highest BCUT2D eigenvalue weighted by Crippen LogP contribution is 2.19. The summed E-state index contributed by atoms with van der Waals surface area (Å²) in [4.78, 5) is 16.4. The second-order valence-corrected chi connectivity index (χ2v) is 5.34. The summed E-state index contributed by atoms with van der Waals surface area (Å²) in [5, 5.41) is 9.89. The van der Waals surface area contributed by atoms with Crippen LogP contribution in [0.5, 0.6) is 0 Å². The topological polar surface area (TPSA) is 84.8 Å². The number of ether oxygens (including phenoxy) is 1. The van der Waals surface area contributed by atoms with E-state index >= 15 is 0 Å². The summed E-state index contributed by atoms with van der Waals surface area (Å²) in [5.41, 5.74) is 1.56. The number of aromatic nitrogens is 4. The zero-order valence-electron chi connectivity index (χ0n) is 13.4. The highest BCUT2D eigenvalue weighted by Gasteiger charge is 2.08. The van der Waals surface area contributed by atoms with Crippen molar-refractivity contribution >= 4 is 11.6 Å². The molecule has 0 saturated carbocycles. The molecule has 0 aliphatic carbocycles. The van der Waals surface area contributed by atoms with Gasteiger partial charge in [0.25, 0.3) is 0 Å². The molecule has 3 rings (SSSR count). The Bertz CT molecular complexity index is 795. The van der Waals surface area contributed by atoms with Gasteiger partial charge < -0.3 is 14.6 Å². The molecule has 0 unspecified atom stereocenters. The van der Waals surface area contributed by atoms with Crippen LogP contribution in [0.3, 0.4) is 0 Å². The summed E-state index contributed by atoms with van der Waals surface area (Å²) in [7, 11) is 1.60. The normalized spacial score (nSPS) is 10.7. The first-order chi connectivity index (χ1) is 11.7. The van der Waals surface area contributed by atoms with Gasteiger partial charge >= 0.3 is 0 Å². The Labute approximate surface area is 139 Å². The molecule has 3 aromatic rings. The molecule has 2 N–H and O–H groups in total. The van der Waals surface area contributed by atoms with Crippen LogP contribution in [0, 0.1) is 0 Å². The second-order valence-electron chi connectivity index (χ2n) is 5.34. The first-order valence-corrected chi connectivity index (χ1v) is 7.66. The van der Waals surface area contributed by atoms with Crippen LogP contribution in [0.15, 0.2) is 48.8 Å². The number of carbonyl (C=O) groups is 1. The summed E-state index contributed by atoms with van der Waals surface area (Å²) in [6.07, 6.45) is 4.29. The molecule has 0 spiro atoms. The molecule has 0 aliphatic heterocycles. The van der Waals surface area contributed by atoms with Gasteiger partial charge in [-0.3, -0.25) is 9.89 Å². The zero-order chi connectivity index (χ0) is 16.8. The molecule has 1 aromatic carbocycles. The molecule has 1 amide bonds. The average molecular weight is 325 g/mol. The fourth-order valence-electron chi connectivity index (χ4n) is 2.34. The number of hydrogen-bond acceptors (Lipinski definition) is 4. The van der Waals surface area contributed by atoms with E-state index in [0.29, 0.717) is 31.2 Å². The van der Waals surface area contributed by atoms with Gasteiger partial charge in [-0.15, -0.1) is 0 Å². The van der Waals surface area contributed by atoms with Gasteiger partial charge in [-0.05, 0) is 24.3 Å². The third-order valence-electron chi connectivity index (χ3n) is 3.48. The summed E-state index contributed by atoms with van der Waals surface area (Å²) in [6.45, 7) is 1.03. The van der Waals surface area contributed by atoms with E-state index in [1.807, 2.05) is 53.4 Å². The molecule has 0 fully saturated rings. The molecule has 124 valence electrons. The van der Waals surface area contributed by atoms with E-state index in [2.05, 4.69) is 20.5 Å². The van der Waals surface area contributed by atoms with E-state index in [1.54, 1.807) is 7.11 Å². The minimum Gasteiger partial charge on any atom is -0.377 e. The molecule has 0 radical (unpaired) electrons. The Morgan fingerprint density at radius 2 is 2.12 bits per heavy atom. The summed E-state index contributed by atoms with van der Waals surface area (Å²) < 4.78 is 6.99. The monoisotopic (exact) mass is 325 g/mol. The number of nitrogens with one attached hydrogen (secondary N) is 2. The highest BCUT2D eigenvalue weighted by atomic mass is 16.5. The molecule has 7 nitrogen and oxygen atoms in total. The SMILES string of the molecule is COCc1nc(-c2cccc(NC(=O)CCn3cccc3)c2)n[nH]1. The molecule has 0 aliphatic rings. The number of nitrogens with zero attached hydrogens (tertiary/aromatic N) is 3. The van der Waals surface area contributed by atoms with Crippen LogP contribution in [-0.4, -0.2) is 32.8 Å². The largest absolute Gasteiger partial charge is 0.377 e. The van der Waals surface area contributed by atoms with E-state index in [4.69, 9.17) is 4.74 Å². The summed E-state index contributed by atoms with van der Waals surface area (Å²) in [5.74, 6) is 1.20. The summed E-state index contributed by atoms with van der Waals surface area (Å²) in [6, 6.07) is 11.3. The number of hydrogen-bond donors (Lipinski definition) is 2. The Morgan fingerprint density at radius 3 is 2.92 bits per heavy atom. The Kier molecular flexibility index (Phi) is 5.02. The fourth-order valence-corrected chi connectivity index (χ4v) is 2.34. The minimum atomic E-state index is -0.0316. The van der Waals surface area contributed by atoms with Crippen molar-refractivity contribution in [3.05, 3.63) is 54.6 Å². The van der Waals surface area contributed by atoms with Gasteiger partial charge in [0.1, 0.15) is 6.61 Å². The molecular formula is C17H19N5O2. The molecule has 2 heterocycles. The first-order valence-electron chi connectivity index (χ1n) is 7.66. The van der Waals surface area contributed by atoms with E-state index in [1.165, 1.54) is 0 Å². The van der Waals surface area contributed by atoms with Crippen molar-refractivity contribution in [2.24, 2.45) is 0 Å². The lowest BCUT2D eigenvalue weighted by Gasteiger charge is -2.07. The lowest BCUT2D eigenvalue weighted by atomic mass is 10.2. The Hall–Kier alpha value is -2.93. The standard InChI is InChI=1S/C17H19N5O2/c1-24-12-15-19-17(21-20-15)13-5-4-6-14(11-13)18-16(23)7-10-22-8-2-3-9-22/h2-6,8-9,11H,7,10,12H2,1H3,(H,18,23)(H,19,20,21). The first kappa shape index (κ1) is 15.9. The number of aryl methyl sites for hydroxylation is 1. The van der Waals surface area contributed by atoms with Crippen LogP contribution >= 0.6 is 0 Å². The number of anilines is 1. The predicted molar refractivity (Wildman–Crippen MR) is 90.2 cm³/mol. The quantitative estimate of drug-likeness (QED) is 0.699. The van der Waals surface area contributed by atoms with Gasteiger partial charge in [-0.25, -0.2) is 4.98 Å². The minimum absolute atomic E-state index is 0.0316. The Balaban J connectivity index is 1.62. The fraction of sp³-hybridized carbons (Fsp3) is 0.235. The lowest BCUT2D eigenvalue weighted by molar-refractivity contribution is -0.116. The van der Waals surface area contributed by atoms with Crippen LogP contribution in [0.2, 0.25) is 0 Å². The lowest BCUT2D eigenvalue weighted by Crippen LogP contribution is -2.14. The molecule has 2 aromatic heterocycles. The maximum atomic E-state index is 12.1. The van der Waals surface area contributed by atoms with Crippen molar-refractivity contribution in [2.75, 3.05) is 12.4 Å². The third-order valence-corrected chi connectivity index (χ3v) is 3.48. The van der Waals surface area contributed by atoms with Crippen molar-refractivity contribution in [1.29, 1.82) is 0 Å². The van der Waals surface area contributed by atoms with Gasteiger partial charge in [-0.2, -0.15) is 5.10 Å². The maximum absolute atomic E-state index is 12.1. The van der Waals surface area contributed by atoms with E-state index < -0.39 is 0 Å². The van der Waals surface area contributed by atoms with Crippen LogP contribution in [0.1, 0.15) is 12.2 Å². The van der Waals surface area contributed by atoms with Crippen LogP contribution < -0.4 is 5.32 Å². The number of carbonyl (C=O) groups excluding carboxylic acids is 1. The van der Waals surface area contributed by atoms with Crippen LogP contribution in [-0.2, 0) is 22.7 Å². The van der Waals surface area contributed by atoms with Crippen molar-refractivity contribution in [1.82, 2.24) is 19.7 Å². The number of aromatic amines is 1. The molecule has 0 saturated heterocycles. The van der Waals surface area contributed by atoms with Gasteiger partial charge in [0.15, 0.2) is 11.6 Å². The predicted octanol–water partition coefficient (Wildman–Crippen LogP) is 2.45. The van der Waals surface area contributed by atoms with Crippen molar-refractivity contribution < 1.29 is 9.53 Å². The second kappa shape index (κ2) is 7.56. The van der Waals surface area contributed by atoms with Crippen LogP contribution in [0.4, 0.5) is 5.69 Å². The molecule has 7 heteroatoms. The molecule has 24 heavy (non-hydrogen) atoms. The average Bonchev–Trinajstić information content (AvgIpc) is 3.25. The van der Waals surface area contributed by atoms with Gasteiger partial charge in [0.2, 0.25) is 5.91 Å². The number of rotatable bonds is 7. The van der Waals surface area contributed by atoms with Crippen LogP contribution in [0.25, 0.3) is 11.4 Å². The molecule has 0 atom stereocenters. The van der Waals surface area contributed by atoms with Crippen molar-refractivity contribution in [3.63, 3.8) is 0 Å². The number of H-pyrrole nitrogens is 1.